The largest absolute Gasteiger partial charge is 0.569 e. The van der Waals surface area contributed by atoms with Crippen LogP contribution in [0.25, 0.3) is 11.1 Å². The molecule has 0 aliphatic carbocycles. The lowest BCUT2D eigenvalue weighted by molar-refractivity contribution is 0.425. The normalized spacial score (nSPS) is 11.5. The van der Waals surface area contributed by atoms with E-state index in [0.29, 0.717) is 18.9 Å². The maximum Gasteiger partial charge on any atom is 0.569 e. The molecule has 0 unspecified atom stereocenters. The smallest absolute Gasteiger partial charge is 0.537 e. The summed E-state index contributed by atoms with van der Waals surface area (Å²) >= 11 is 0. The van der Waals surface area contributed by atoms with Crippen molar-refractivity contribution in [3.8, 4) is 5.75 Å². The molecule has 4 aromatic carbocycles. The van der Waals surface area contributed by atoms with Crippen LogP contribution >= 0.6 is 0 Å². The summed E-state index contributed by atoms with van der Waals surface area (Å²) in [6.07, 6.45) is 0. The Balaban J connectivity index is 1.99. The topological polar surface area (TPSA) is 69.9 Å². The second kappa shape index (κ2) is 10.2. The van der Waals surface area contributed by atoms with Gasteiger partial charge in [0.15, 0.2) is 0 Å². The zero-order valence-electron chi connectivity index (χ0n) is 17.3. The molecule has 0 atom stereocenters. The van der Waals surface area contributed by atoms with Crippen molar-refractivity contribution >= 4 is 31.4 Å². The predicted octanol–water partition coefficient (Wildman–Crippen LogP) is 3.28. The van der Waals surface area contributed by atoms with Crippen molar-refractivity contribution in [2.45, 2.75) is 0 Å². The second-order valence-corrected chi connectivity index (χ2v) is 7.23. The van der Waals surface area contributed by atoms with E-state index in [-0.39, 0.29) is 0 Å². The lowest BCUT2D eigenvalue weighted by atomic mass is 9.78. The van der Waals surface area contributed by atoms with Gasteiger partial charge in [-0.15, -0.1) is 0 Å². The van der Waals surface area contributed by atoms with Gasteiger partial charge in [-0.05, 0) is 51.0 Å². The molecule has 0 fully saturated rings. The average molecular weight is 419 g/mol. The van der Waals surface area contributed by atoms with Crippen molar-refractivity contribution in [2.75, 3.05) is 0 Å². The van der Waals surface area contributed by atoms with Gasteiger partial charge in [-0.3, -0.25) is 0 Å². The van der Waals surface area contributed by atoms with Crippen molar-refractivity contribution in [3.05, 3.63) is 131 Å². The molecule has 0 amide bonds. The molecule has 0 saturated carbocycles. The van der Waals surface area contributed by atoms with Gasteiger partial charge in [0.25, 0.3) is 0 Å². The van der Waals surface area contributed by atoms with Crippen molar-refractivity contribution < 1.29 is 19.7 Å². The van der Waals surface area contributed by atoms with Crippen LogP contribution in [-0.4, -0.2) is 29.9 Å². The number of hydrogen-bond donors (Lipinski definition) is 3. The van der Waals surface area contributed by atoms with Gasteiger partial charge >= 0.3 is 14.8 Å². The summed E-state index contributed by atoms with van der Waals surface area (Å²) in [6, 6.07) is 35.0. The Morgan fingerprint density at radius 2 is 0.969 bits per heavy atom. The van der Waals surface area contributed by atoms with E-state index in [1.165, 1.54) is 0 Å². The quantitative estimate of drug-likeness (QED) is 0.318. The van der Waals surface area contributed by atoms with Crippen molar-refractivity contribution in [1.82, 2.24) is 0 Å². The molecule has 0 aliphatic rings. The standard InChI is InChI=1S/C26H21B2O4/c29-27-32-24-17-13-22(14-18-24)26(20-9-5-2-6-10-20)25(19-7-3-1-4-8-19)21-11-15-23(16-12-21)28(30)31/h1-18,29-31H. The van der Waals surface area contributed by atoms with E-state index in [2.05, 4.69) is 24.3 Å². The maximum atomic E-state index is 9.52. The minimum atomic E-state index is -1.52. The number of rotatable bonds is 7. The van der Waals surface area contributed by atoms with Crippen molar-refractivity contribution in [1.29, 1.82) is 0 Å². The minimum Gasteiger partial charge on any atom is -0.537 e. The van der Waals surface area contributed by atoms with Crippen LogP contribution in [0.3, 0.4) is 0 Å². The molecule has 4 nitrogen and oxygen atoms in total. The van der Waals surface area contributed by atoms with Gasteiger partial charge in [-0.1, -0.05) is 97.1 Å². The Kier molecular flexibility index (Phi) is 6.87. The van der Waals surface area contributed by atoms with Crippen LogP contribution in [0.15, 0.2) is 109 Å². The first kappa shape index (κ1) is 21.7. The fourth-order valence-electron chi connectivity index (χ4n) is 3.70. The highest BCUT2D eigenvalue weighted by Gasteiger charge is 2.17. The van der Waals surface area contributed by atoms with Crippen LogP contribution in [0.4, 0.5) is 0 Å². The predicted molar refractivity (Wildman–Crippen MR) is 129 cm³/mol. The SMILES string of the molecule is O[B]Oc1ccc(C(=C(c2ccccc2)c2ccc(B(O)O)cc2)c2ccccc2)cc1. The molecule has 4 aromatic rings. The second-order valence-electron chi connectivity index (χ2n) is 7.23. The number of hydrogen-bond acceptors (Lipinski definition) is 4. The molecule has 1 radical (unpaired) electrons. The first-order valence-corrected chi connectivity index (χ1v) is 10.2. The van der Waals surface area contributed by atoms with Crippen LogP contribution < -0.4 is 10.1 Å². The molecule has 4 rings (SSSR count). The van der Waals surface area contributed by atoms with E-state index in [0.717, 1.165) is 33.4 Å². The molecule has 0 aromatic heterocycles. The molecule has 0 spiro atoms. The highest BCUT2D eigenvalue weighted by molar-refractivity contribution is 6.58. The average Bonchev–Trinajstić information content (AvgIpc) is 2.84. The summed E-state index contributed by atoms with van der Waals surface area (Å²) in [6.45, 7) is 0. The lowest BCUT2D eigenvalue weighted by Gasteiger charge is -2.18. The van der Waals surface area contributed by atoms with E-state index >= 15 is 0 Å². The lowest BCUT2D eigenvalue weighted by Crippen LogP contribution is -2.29. The van der Waals surface area contributed by atoms with Crippen LogP contribution in [0.2, 0.25) is 0 Å². The third-order valence-corrected chi connectivity index (χ3v) is 5.20. The first-order chi connectivity index (χ1) is 15.7. The Hall–Kier alpha value is -3.57. The van der Waals surface area contributed by atoms with Gasteiger partial charge in [-0.25, -0.2) is 0 Å². The summed E-state index contributed by atoms with van der Waals surface area (Å²) in [5, 5.41) is 28.0. The molecule has 0 aliphatic heterocycles. The van der Waals surface area contributed by atoms with E-state index in [1.807, 2.05) is 60.7 Å². The Morgan fingerprint density at radius 3 is 1.38 bits per heavy atom. The van der Waals surface area contributed by atoms with Gasteiger partial charge in [-0.2, -0.15) is 0 Å². The third-order valence-electron chi connectivity index (χ3n) is 5.20. The van der Waals surface area contributed by atoms with Crippen LogP contribution in [-0.2, 0) is 0 Å². The molecular formula is C26H21B2O4. The molecule has 155 valence electrons. The van der Waals surface area contributed by atoms with Crippen molar-refractivity contribution in [2.24, 2.45) is 0 Å². The zero-order valence-corrected chi connectivity index (χ0v) is 17.3. The summed E-state index contributed by atoms with van der Waals surface area (Å²) in [4.78, 5) is 0. The molecule has 32 heavy (non-hydrogen) atoms. The monoisotopic (exact) mass is 419 g/mol. The fourth-order valence-corrected chi connectivity index (χ4v) is 3.70. The Bertz CT molecular complexity index is 1170. The van der Waals surface area contributed by atoms with Crippen LogP contribution in [0.1, 0.15) is 22.3 Å². The summed E-state index contributed by atoms with van der Waals surface area (Å²) in [5.74, 6) is 0.534. The van der Waals surface area contributed by atoms with E-state index in [1.54, 1.807) is 24.3 Å². The van der Waals surface area contributed by atoms with Crippen LogP contribution in [0.5, 0.6) is 5.75 Å². The molecule has 0 heterocycles. The summed E-state index contributed by atoms with van der Waals surface area (Å²) < 4.78 is 5.08. The Labute approximate surface area is 188 Å². The van der Waals surface area contributed by atoms with Gasteiger partial charge in [0.2, 0.25) is 0 Å². The first-order valence-electron chi connectivity index (χ1n) is 10.2. The fraction of sp³-hybridized carbons (Fsp3) is 0. The van der Waals surface area contributed by atoms with E-state index < -0.39 is 7.12 Å². The zero-order chi connectivity index (χ0) is 22.3. The minimum absolute atomic E-state index is 0.434. The molecular weight excluding hydrogens is 398 g/mol. The maximum absolute atomic E-state index is 9.52. The highest BCUT2D eigenvalue weighted by Crippen LogP contribution is 2.37. The van der Waals surface area contributed by atoms with Crippen molar-refractivity contribution in [3.63, 3.8) is 0 Å². The molecule has 6 heteroatoms. The molecule has 3 N–H and O–H groups in total. The van der Waals surface area contributed by atoms with E-state index in [4.69, 9.17) is 9.68 Å². The Morgan fingerprint density at radius 1 is 0.562 bits per heavy atom. The summed E-state index contributed by atoms with van der Waals surface area (Å²) in [5.41, 5.74) is 6.47. The van der Waals surface area contributed by atoms with Gasteiger partial charge in [0.1, 0.15) is 5.75 Å². The summed E-state index contributed by atoms with van der Waals surface area (Å²) in [7, 11) is -0.854. The molecule has 0 bridgehead atoms. The number of benzene rings is 4. The van der Waals surface area contributed by atoms with Gasteiger partial charge in [0.05, 0.1) is 0 Å². The van der Waals surface area contributed by atoms with Gasteiger partial charge < -0.3 is 19.7 Å². The molecule has 0 saturated heterocycles. The third kappa shape index (κ3) is 4.84. The van der Waals surface area contributed by atoms with Gasteiger partial charge in [0, 0.05) is 0 Å². The van der Waals surface area contributed by atoms with Crippen LogP contribution in [0, 0.1) is 0 Å². The van der Waals surface area contributed by atoms with E-state index in [9.17, 15) is 10.0 Å². The highest BCUT2D eigenvalue weighted by atomic mass is 16.5.